The summed E-state index contributed by atoms with van der Waals surface area (Å²) in [4.78, 5) is 22.8. The molecule has 0 unspecified atom stereocenters. The molecule has 0 aromatic heterocycles. The molecule has 0 aliphatic carbocycles. The fourth-order valence-electron chi connectivity index (χ4n) is 1.84. The Morgan fingerprint density at radius 2 is 1.96 bits per heavy atom. The quantitative estimate of drug-likeness (QED) is 0.508. The molecule has 0 fully saturated rings. The number of alkyl carbamates (subject to hydrolysis) is 1. The number of benzene rings is 1. The summed E-state index contributed by atoms with van der Waals surface area (Å²) in [6.07, 6.45) is -0.277. The molecule has 1 rings (SSSR count). The number of halogens is 2. The molecule has 1 atom stereocenters. The lowest BCUT2D eigenvalue weighted by Gasteiger charge is -2.19. The normalized spacial score (nSPS) is 13.0. The third-order valence-electron chi connectivity index (χ3n) is 3.02. The Balaban J connectivity index is 2.51. The van der Waals surface area contributed by atoms with Crippen molar-refractivity contribution in [3.05, 3.63) is 29.0 Å². The van der Waals surface area contributed by atoms with Crippen molar-refractivity contribution in [2.45, 2.75) is 50.2 Å². The Hall–Kier alpha value is -1.91. The number of nitrogens with two attached hydrogens (primary N) is 1. The number of nitrogens with one attached hydrogen (secondary N) is 1. The standard InChI is InChI=1S/C16H22ClFN2O6S/c1-16(2,3)25-15(22)20-8-4-5-12(19)14(21)26-27(23,24)13-7-6-10(18)9-11(13)17/h6-7,9,12H,4-5,8,19H2,1-3H3,(H,20,22)/t12-/m1/s1. The number of amides is 1. The minimum atomic E-state index is -4.53. The first-order chi connectivity index (χ1) is 12.3. The summed E-state index contributed by atoms with van der Waals surface area (Å²) in [6.45, 7) is 5.32. The molecule has 3 N–H and O–H groups in total. The van der Waals surface area contributed by atoms with Crippen LogP contribution in [0.15, 0.2) is 23.1 Å². The van der Waals surface area contributed by atoms with Crippen molar-refractivity contribution in [2.75, 3.05) is 6.54 Å². The van der Waals surface area contributed by atoms with E-state index >= 15 is 0 Å². The number of rotatable bonds is 7. The van der Waals surface area contributed by atoms with E-state index in [1.807, 2.05) is 0 Å². The van der Waals surface area contributed by atoms with E-state index < -0.39 is 49.6 Å². The van der Waals surface area contributed by atoms with Crippen molar-refractivity contribution >= 4 is 33.8 Å². The highest BCUT2D eigenvalue weighted by Gasteiger charge is 2.27. The van der Waals surface area contributed by atoms with Gasteiger partial charge in [0.2, 0.25) is 0 Å². The van der Waals surface area contributed by atoms with E-state index in [0.29, 0.717) is 0 Å². The van der Waals surface area contributed by atoms with Crippen LogP contribution >= 0.6 is 11.6 Å². The maximum Gasteiger partial charge on any atom is 0.407 e. The Morgan fingerprint density at radius 1 is 1.33 bits per heavy atom. The van der Waals surface area contributed by atoms with Gasteiger partial charge in [-0.25, -0.2) is 14.0 Å². The van der Waals surface area contributed by atoms with Gasteiger partial charge in [-0.15, -0.1) is 0 Å². The highest BCUT2D eigenvalue weighted by atomic mass is 35.5. The van der Waals surface area contributed by atoms with Crippen LogP contribution in [0.25, 0.3) is 0 Å². The topological polar surface area (TPSA) is 125 Å². The van der Waals surface area contributed by atoms with E-state index in [2.05, 4.69) is 9.50 Å². The van der Waals surface area contributed by atoms with Crippen LogP contribution in [0.5, 0.6) is 0 Å². The van der Waals surface area contributed by atoms with Gasteiger partial charge in [-0.2, -0.15) is 8.42 Å². The van der Waals surface area contributed by atoms with Gasteiger partial charge in [0.1, 0.15) is 22.4 Å². The average Bonchev–Trinajstić information content (AvgIpc) is 2.48. The Morgan fingerprint density at radius 3 is 2.52 bits per heavy atom. The van der Waals surface area contributed by atoms with Crippen molar-refractivity contribution in [3.63, 3.8) is 0 Å². The van der Waals surface area contributed by atoms with Crippen LogP contribution in [0, 0.1) is 5.82 Å². The van der Waals surface area contributed by atoms with Gasteiger partial charge in [0.05, 0.1) is 5.02 Å². The molecule has 1 aromatic carbocycles. The molecule has 27 heavy (non-hydrogen) atoms. The molecule has 0 aliphatic heterocycles. The van der Waals surface area contributed by atoms with Crippen LogP contribution in [-0.4, -0.2) is 38.7 Å². The molecule has 0 radical (unpaired) electrons. The molecule has 1 amide bonds. The van der Waals surface area contributed by atoms with E-state index in [-0.39, 0.29) is 19.4 Å². The predicted octanol–water partition coefficient (Wildman–Crippen LogP) is 2.34. The molecule has 8 nitrogen and oxygen atoms in total. The van der Waals surface area contributed by atoms with Crippen molar-refractivity contribution in [1.29, 1.82) is 0 Å². The fraction of sp³-hybridized carbons (Fsp3) is 0.500. The van der Waals surface area contributed by atoms with Crippen LogP contribution in [0.2, 0.25) is 5.02 Å². The predicted molar refractivity (Wildman–Crippen MR) is 96.1 cm³/mol. The second kappa shape index (κ2) is 9.34. The molecule has 0 saturated carbocycles. The van der Waals surface area contributed by atoms with Crippen LogP contribution < -0.4 is 11.1 Å². The average molecular weight is 425 g/mol. The highest BCUT2D eigenvalue weighted by Crippen LogP contribution is 2.24. The lowest BCUT2D eigenvalue weighted by molar-refractivity contribution is -0.135. The molecular weight excluding hydrogens is 403 g/mol. The zero-order valence-corrected chi connectivity index (χ0v) is 16.7. The summed E-state index contributed by atoms with van der Waals surface area (Å²) < 4.78 is 46.6. The summed E-state index contributed by atoms with van der Waals surface area (Å²) >= 11 is 5.66. The Labute approximate surface area is 162 Å². The summed E-state index contributed by atoms with van der Waals surface area (Å²) in [7, 11) is -4.53. The summed E-state index contributed by atoms with van der Waals surface area (Å²) in [5.41, 5.74) is 4.97. The first-order valence-corrected chi connectivity index (χ1v) is 9.76. The second-order valence-corrected chi connectivity index (χ2v) is 8.53. The van der Waals surface area contributed by atoms with Gasteiger partial charge in [0.25, 0.3) is 0 Å². The molecule has 0 aliphatic rings. The molecule has 0 heterocycles. The second-order valence-electron chi connectivity index (χ2n) is 6.61. The van der Waals surface area contributed by atoms with Gasteiger partial charge >= 0.3 is 22.2 Å². The molecule has 1 aromatic rings. The SMILES string of the molecule is CC(C)(C)OC(=O)NCCC[C@@H](N)C(=O)OS(=O)(=O)c1ccc(F)cc1Cl. The van der Waals surface area contributed by atoms with Crippen molar-refractivity contribution < 1.29 is 31.3 Å². The van der Waals surface area contributed by atoms with Crippen LogP contribution in [-0.2, 0) is 23.8 Å². The van der Waals surface area contributed by atoms with Gasteiger partial charge in [0, 0.05) is 6.54 Å². The molecule has 0 saturated heterocycles. The van der Waals surface area contributed by atoms with Crippen molar-refractivity contribution in [1.82, 2.24) is 5.32 Å². The van der Waals surface area contributed by atoms with Crippen LogP contribution in [0.1, 0.15) is 33.6 Å². The van der Waals surface area contributed by atoms with E-state index in [0.717, 1.165) is 18.2 Å². The van der Waals surface area contributed by atoms with E-state index in [1.165, 1.54) is 0 Å². The monoisotopic (exact) mass is 424 g/mol. The van der Waals surface area contributed by atoms with Gasteiger partial charge in [-0.05, 0) is 51.8 Å². The van der Waals surface area contributed by atoms with E-state index in [1.54, 1.807) is 20.8 Å². The molecule has 0 bridgehead atoms. The number of ether oxygens (including phenoxy) is 1. The van der Waals surface area contributed by atoms with Crippen LogP contribution in [0.3, 0.4) is 0 Å². The van der Waals surface area contributed by atoms with Crippen molar-refractivity contribution in [2.24, 2.45) is 5.73 Å². The molecular formula is C16H22ClFN2O6S. The fourth-order valence-corrected chi connectivity index (χ4v) is 3.25. The van der Waals surface area contributed by atoms with Crippen LogP contribution in [0.4, 0.5) is 9.18 Å². The highest BCUT2D eigenvalue weighted by molar-refractivity contribution is 7.87. The Kier molecular flexibility index (Phi) is 8.00. The number of hydrogen-bond donors (Lipinski definition) is 2. The lowest BCUT2D eigenvalue weighted by Crippen LogP contribution is -2.36. The maximum absolute atomic E-state index is 13.0. The Bertz CT molecular complexity index is 795. The van der Waals surface area contributed by atoms with Gasteiger partial charge in [0.15, 0.2) is 0 Å². The number of carbonyl (C=O) groups is 2. The maximum atomic E-state index is 13.0. The zero-order valence-electron chi connectivity index (χ0n) is 15.1. The molecule has 0 spiro atoms. The van der Waals surface area contributed by atoms with E-state index in [9.17, 15) is 22.4 Å². The number of hydrogen-bond acceptors (Lipinski definition) is 7. The third-order valence-corrected chi connectivity index (χ3v) is 4.72. The first-order valence-electron chi connectivity index (χ1n) is 7.97. The van der Waals surface area contributed by atoms with E-state index in [4.69, 9.17) is 22.1 Å². The smallest absolute Gasteiger partial charge is 0.407 e. The van der Waals surface area contributed by atoms with Crippen molar-refractivity contribution in [3.8, 4) is 0 Å². The largest absolute Gasteiger partial charge is 0.444 e. The first kappa shape index (κ1) is 23.1. The number of carbonyl (C=O) groups excluding carboxylic acids is 2. The van der Waals surface area contributed by atoms with Gasteiger partial charge in [-0.3, -0.25) is 0 Å². The molecule has 11 heteroatoms. The summed E-state index contributed by atoms with van der Waals surface area (Å²) in [5.74, 6) is -1.92. The zero-order chi connectivity index (χ0) is 20.8. The summed E-state index contributed by atoms with van der Waals surface area (Å²) in [6, 6.07) is 1.30. The minimum Gasteiger partial charge on any atom is -0.444 e. The van der Waals surface area contributed by atoms with Gasteiger partial charge in [-0.1, -0.05) is 11.6 Å². The third kappa shape index (κ3) is 8.10. The molecule has 152 valence electrons. The van der Waals surface area contributed by atoms with Gasteiger partial charge < -0.3 is 20.0 Å². The minimum absolute atomic E-state index is 0.0568. The summed E-state index contributed by atoms with van der Waals surface area (Å²) in [5, 5.41) is 2.06. The lowest BCUT2D eigenvalue weighted by atomic mass is 10.2.